The molecule has 4 nitrogen and oxygen atoms in total. The molecule has 0 bridgehead atoms. The fraction of sp³-hybridized carbons (Fsp3) is 0.273. The normalized spacial score (nSPS) is 11.3. The zero-order chi connectivity index (χ0) is 11.1. The Morgan fingerprint density at radius 2 is 2.40 bits per heavy atom. The molecule has 0 saturated heterocycles. The molecule has 0 atom stereocenters. The van der Waals surface area contributed by atoms with Crippen LogP contribution in [0, 0.1) is 6.92 Å². The largest absolute Gasteiger partial charge is 0.483 e. The van der Waals surface area contributed by atoms with E-state index < -0.39 is 0 Å². The van der Waals surface area contributed by atoms with Crippen LogP contribution in [-0.4, -0.2) is 18.0 Å². The third kappa shape index (κ3) is 3.42. The second kappa shape index (κ2) is 5.80. The number of nitrogens with zero attached hydrogens (tertiary/aromatic N) is 2. The number of aliphatic imine (C=N–C) groups is 1. The standard InChI is InChI=1S/C11H14N2O2/c1-4-6-7-10-11(12-8-14-5-2)15-9(3)13-10/h4,6-8H,1,5H2,2-3H3/b7-6+,12-8+. The Kier molecular flexibility index (Phi) is 4.34. The van der Waals surface area contributed by atoms with Crippen LogP contribution in [0.3, 0.4) is 0 Å². The Morgan fingerprint density at radius 3 is 3.07 bits per heavy atom. The lowest BCUT2D eigenvalue weighted by Gasteiger charge is -1.90. The third-order valence-electron chi connectivity index (χ3n) is 1.54. The minimum Gasteiger partial charge on any atom is -0.483 e. The van der Waals surface area contributed by atoms with E-state index in [1.54, 1.807) is 25.2 Å². The highest BCUT2D eigenvalue weighted by Crippen LogP contribution is 2.21. The molecule has 0 amide bonds. The molecule has 0 fully saturated rings. The van der Waals surface area contributed by atoms with Gasteiger partial charge in [-0.3, -0.25) is 0 Å². The highest BCUT2D eigenvalue weighted by atomic mass is 16.5. The van der Waals surface area contributed by atoms with Crippen molar-refractivity contribution in [2.24, 2.45) is 4.99 Å². The second-order valence-corrected chi connectivity index (χ2v) is 2.71. The fourth-order valence-electron chi connectivity index (χ4n) is 0.952. The lowest BCUT2D eigenvalue weighted by Crippen LogP contribution is -1.83. The number of hydrogen-bond acceptors (Lipinski definition) is 4. The van der Waals surface area contributed by atoms with E-state index in [0.717, 1.165) is 0 Å². The first-order chi connectivity index (χ1) is 7.27. The van der Waals surface area contributed by atoms with E-state index in [9.17, 15) is 0 Å². The Bertz CT molecular complexity index is 378. The molecule has 1 aromatic rings. The molecule has 0 unspecified atom stereocenters. The molecule has 0 aromatic carbocycles. The van der Waals surface area contributed by atoms with E-state index in [2.05, 4.69) is 16.6 Å². The molecular formula is C11H14N2O2. The van der Waals surface area contributed by atoms with Crippen LogP contribution in [0.2, 0.25) is 0 Å². The van der Waals surface area contributed by atoms with Gasteiger partial charge in [0, 0.05) is 6.92 Å². The summed E-state index contributed by atoms with van der Waals surface area (Å²) in [5.41, 5.74) is 0.670. The molecular weight excluding hydrogens is 192 g/mol. The molecule has 0 aliphatic heterocycles. The Balaban J connectivity index is 2.85. The average Bonchev–Trinajstić information content (AvgIpc) is 2.56. The lowest BCUT2D eigenvalue weighted by atomic mass is 10.4. The quantitative estimate of drug-likeness (QED) is 0.423. The molecule has 0 N–H and O–H groups in total. The van der Waals surface area contributed by atoms with Crippen molar-refractivity contribution in [3.8, 4) is 0 Å². The predicted molar refractivity (Wildman–Crippen MR) is 60.2 cm³/mol. The van der Waals surface area contributed by atoms with Crippen LogP contribution in [0.4, 0.5) is 5.88 Å². The van der Waals surface area contributed by atoms with E-state index in [-0.39, 0.29) is 0 Å². The van der Waals surface area contributed by atoms with Gasteiger partial charge in [0.25, 0.3) is 0 Å². The maximum Gasteiger partial charge on any atom is 0.249 e. The van der Waals surface area contributed by atoms with Crippen molar-refractivity contribution in [1.82, 2.24) is 4.98 Å². The van der Waals surface area contributed by atoms with Crippen LogP contribution in [0.25, 0.3) is 6.08 Å². The van der Waals surface area contributed by atoms with E-state index in [1.165, 1.54) is 6.40 Å². The second-order valence-electron chi connectivity index (χ2n) is 2.71. The summed E-state index contributed by atoms with van der Waals surface area (Å²) < 4.78 is 10.3. The van der Waals surface area contributed by atoms with Crippen molar-refractivity contribution < 1.29 is 9.15 Å². The zero-order valence-corrected chi connectivity index (χ0v) is 8.93. The monoisotopic (exact) mass is 206 g/mol. The van der Waals surface area contributed by atoms with Gasteiger partial charge in [0.1, 0.15) is 5.69 Å². The number of aromatic nitrogens is 1. The van der Waals surface area contributed by atoms with Gasteiger partial charge in [-0.25, -0.2) is 4.98 Å². The van der Waals surface area contributed by atoms with Crippen molar-refractivity contribution in [1.29, 1.82) is 0 Å². The summed E-state index contributed by atoms with van der Waals surface area (Å²) in [6.07, 6.45) is 6.57. The number of hydrogen-bond donors (Lipinski definition) is 0. The molecule has 0 saturated carbocycles. The fourth-order valence-corrected chi connectivity index (χ4v) is 0.952. The smallest absolute Gasteiger partial charge is 0.249 e. The maximum atomic E-state index is 5.28. The molecule has 15 heavy (non-hydrogen) atoms. The summed E-state index contributed by atoms with van der Waals surface area (Å²) in [6, 6.07) is 0. The summed E-state index contributed by atoms with van der Waals surface area (Å²) in [6.45, 7) is 7.81. The van der Waals surface area contributed by atoms with Gasteiger partial charge in [-0.05, 0) is 13.0 Å². The van der Waals surface area contributed by atoms with Gasteiger partial charge < -0.3 is 9.15 Å². The Morgan fingerprint density at radius 1 is 1.60 bits per heavy atom. The summed E-state index contributed by atoms with van der Waals surface area (Å²) in [5.74, 6) is 1.02. The molecule has 0 spiro atoms. The van der Waals surface area contributed by atoms with Crippen molar-refractivity contribution in [2.45, 2.75) is 13.8 Å². The van der Waals surface area contributed by atoms with Crippen molar-refractivity contribution in [2.75, 3.05) is 6.61 Å². The van der Waals surface area contributed by atoms with Gasteiger partial charge >= 0.3 is 0 Å². The number of aryl methyl sites for hydroxylation is 1. The maximum absolute atomic E-state index is 5.28. The van der Waals surface area contributed by atoms with Crippen LogP contribution in [-0.2, 0) is 4.74 Å². The minimum atomic E-state index is 0.444. The molecule has 1 rings (SSSR count). The highest BCUT2D eigenvalue weighted by molar-refractivity contribution is 5.61. The Hall–Kier alpha value is -1.84. The molecule has 1 aromatic heterocycles. The number of rotatable bonds is 5. The predicted octanol–water partition coefficient (Wildman–Crippen LogP) is 2.88. The van der Waals surface area contributed by atoms with Gasteiger partial charge in [-0.1, -0.05) is 18.7 Å². The van der Waals surface area contributed by atoms with Crippen molar-refractivity contribution in [3.63, 3.8) is 0 Å². The van der Waals surface area contributed by atoms with Gasteiger partial charge in [0.05, 0.1) is 6.61 Å². The molecule has 0 aliphatic rings. The Labute approximate surface area is 89.0 Å². The molecule has 0 radical (unpaired) electrons. The highest BCUT2D eigenvalue weighted by Gasteiger charge is 2.05. The summed E-state index contributed by atoms with van der Waals surface area (Å²) in [5, 5.41) is 0. The molecule has 1 heterocycles. The van der Waals surface area contributed by atoms with Gasteiger partial charge in [0.15, 0.2) is 12.3 Å². The zero-order valence-electron chi connectivity index (χ0n) is 8.93. The van der Waals surface area contributed by atoms with E-state index in [4.69, 9.17) is 9.15 Å². The van der Waals surface area contributed by atoms with Crippen LogP contribution in [0.5, 0.6) is 0 Å². The molecule has 4 heteroatoms. The third-order valence-corrected chi connectivity index (χ3v) is 1.54. The van der Waals surface area contributed by atoms with Crippen molar-refractivity contribution >= 4 is 18.4 Å². The van der Waals surface area contributed by atoms with E-state index in [1.807, 2.05) is 6.92 Å². The van der Waals surface area contributed by atoms with Crippen LogP contribution in [0.15, 0.2) is 28.1 Å². The first-order valence-corrected chi connectivity index (χ1v) is 4.68. The molecule has 80 valence electrons. The van der Waals surface area contributed by atoms with Crippen LogP contribution < -0.4 is 0 Å². The summed E-state index contributed by atoms with van der Waals surface area (Å²) in [7, 11) is 0. The first kappa shape index (κ1) is 11.2. The van der Waals surface area contributed by atoms with Crippen molar-refractivity contribution in [3.05, 3.63) is 30.3 Å². The first-order valence-electron chi connectivity index (χ1n) is 4.68. The van der Waals surface area contributed by atoms with Crippen LogP contribution >= 0.6 is 0 Å². The van der Waals surface area contributed by atoms with Gasteiger partial charge in [0.2, 0.25) is 5.88 Å². The minimum absolute atomic E-state index is 0.444. The SMILES string of the molecule is C=C/C=C/c1nc(C)oc1/N=C/OCC. The number of ether oxygens (including phenoxy) is 1. The number of allylic oxidation sites excluding steroid dienone is 2. The number of oxazole rings is 1. The summed E-state index contributed by atoms with van der Waals surface area (Å²) >= 11 is 0. The van der Waals surface area contributed by atoms with E-state index in [0.29, 0.717) is 24.1 Å². The van der Waals surface area contributed by atoms with Gasteiger partial charge in [-0.2, -0.15) is 4.99 Å². The average molecular weight is 206 g/mol. The van der Waals surface area contributed by atoms with E-state index >= 15 is 0 Å². The topological polar surface area (TPSA) is 47.6 Å². The summed E-state index contributed by atoms with van der Waals surface area (Å²) in [4.78, 5) is 8.16. The van der Waals surface area contributed by atoms with Gasteiger partial charge in [-0.15, -0.1) is 0 Å². The lowest BCUT2D eigenvalue weighted by molar-refractivity contribution is 0.343. The molecule has 0 aliphatic carbocycles. The van der Waals surface area contributed by atoms with Crippen LogP contribution in [0.1, 0.15) is 18.5 Å².